The fourth-order valence-electron chi connectivity index (χ4n) is 3.53. The summed E-state index contributed by atoms with van der Waals surface area (Å²) in [4.78, 5) is 6.72. The Bertz CT molecular complexity index is 712. The van der Waals surface area contributed by atoms with Gasteiger partial charge in [0.05, 0.1) is 17.8 Å². The Morgan fingerprint density at radius 1 is 1.33 bits per heavy atom. The van der Waals surface area contributed by atoms with Crippen LogP contribution in [0.1, 0.15) is 42.1 Å². The number of nitrogens with zero attached hydrogens (tertiary/aromatic N) is 2. The highest BCUT2D eigenvalue weighted by Gasteiger charge is 2.42. The van der Waals surface area contributed by atoms with Crippen LogP contribution in [0.5, 0.6) is 0 Å². The molecule has 2 fully saturated rings. The molecule has 0 aromatic carbocycles. The Labute approximate surface area is 147 Å². The highest BCUT2D eigenvalue weighted by atomic mass is 32.1. The number of furan rings is 1. The van der Waals surface area contributed by atoms with Gasteiger partial charge in [-0.1, -0.05) is 6.07 Å². The molecule has 5 nitrogen and oxygen atoms in total. The zero-order valence-electron chi connectivity index (χ0n) is 13.6. The number of hydrogen-bond acceptors (Lipinski definition) is 4. The molecule has 4 heterocycles. The molecule has 0 saturated carbocycles. The largest absolute Gasteiger partial charge is 0.464 e. The third-order valence-electron chi connectivity index (χ3n) is 4.67. The predicted molar refractivity (Wildman–Crippen MR) is 94.6 cm³/mol. The van der Waals surface area contributed by atoms with Gasteiger partial charge in [-0.3, -0.25) is 4.98 Å². The number of ether oxygens (including phenoxy) is 1. The van der Waals surface area contributed by atoms with Crippen LogP contribution in [-0.2, 0) is 4.74 Å². The second kappa shape index (κ2) is 6.53. The Morgan fingerprint density at radius 3 is 2.92 bits per heavy atom. The molecular formula is C18H21N3O2S. The van der Waals surface area contributed by atoms with Crippen LogP contribution < -0.4 is 5.32 Å². The van der Waals surface area contributed by atoms with Gasteiger partial charge in [0.2, 0.25) is 0 Å². The zero-order chi connectivity index (χ0) is 16.5. The summed E-state index contributed by atoms with van der Waals surface area (Å²) >= 11 is 5.63. The van der Waals surface area contributed by atoms with E-state index in [9.17, 15) is 0 Å². The van der Waals surface area contributed by atoms with Gasteiger partial charge < -0.3 is 19.4 Å². The van der Waals surface area contributed by atoms with E-state index in [0.717, 1.165) is 48.3 Å². The minimum Gasteiger partial charge on any atom is -0.464 e. The van der Waals surface area contributed by atoms with Crippen molar-refractivity contribution in [2.45, 2.75) is 38.0 Å². The van der Waals surface area contributed by atoms with E-state index >= 15 is 0 Å². The van der Waals surface area contributed by atoms with Crippen LogP contribution in [0.4, 0.5) is 0 Å². The highest BCUT2D eigenvalue weighted by molar-refractivity contribution is 7.80. The number of thiocarbonyl (C=S) groups is 1. The first-order valence-corrected chi connectivity index (χ1v) is 8.79. The first-order chi connectivity index (χ1) is 11.7. The van der Waals surface area contributed by atoms with E-state index in [2.05, 4.69) is 15.2 Å². The Morgan fingerprint density at radius 2 is 2.25 bits per heavy atom. The SMILES string of the molecule is Cc1ccc([C@@H]2[C@@H](c3ccccn3)NC(=S)N2C[C@H]2CCCO2)o1. The second-order valence-electron chi connectivity index (χ2n) is 6.36. The molecule has 3 atom stereocenters. The molecule has 2 aliphatic heterocycles. The number of nitrogens with one attached hydrogen (secondary N) is 1. The molecule has 6 heteroatoms. The number of rotatable bonds is 4. The van der Waals surface area contributed by atoms with Gasteiger partial charge >= 0.3 is 0 Å². The molecule has 0 spiro atoms. The third-order valence-corrected chi connectivity index (χ3v) is 5.03. The Kier molecular flexibility index (Phi) is 4.24. The summed E-state index contributed by atoms with van der Waals surface area (Å²) in [7, 11) is 0. The summed E-state index contributed by atoms with van der Waals surface area (Å²) in [6.45, 7) is 3.58. The summed E-state index contributed by atoms with van der Waals surface area (Å²) < 4.78 is 11.8. The Hall–Kier alpha value is -1.92. The van der Waals surface area contributed by atoms with Crippen molar-refractivity contribution in [2.24, 2.45) is 0 Å². The fraction of sp³-hybridized carbons (Fsp3) is 0.444. The molecule has 0 unspecified atom stereocenters. The maximum Gasteiger partial charge on any atom is 0.170 e. The van der Waals surface area contributed by atoms with Gasteiger partial charge in [-0.05, 0) is 56.2 Å². The molecule has 0 aliphatic carbocycles. The van der Waals surface area contributed by atoms with Crippen LogP contribution in [0.2, 0.25) is 0 Å². The number of pyridine rings is 1. The first kappa shape index (κ1) is 15.6. The Balaban J connectivity index is 1.67. The van der Waals surface area contributed by atoms with E-state index < -0.39 is 0 Å². The molecule has 0 amide bonds. The monoisotopic (exact) mass is 343 g/mol. The molecule has 1 N–H and O–H groups in total. The molecule has 4 rings (SSSR count). The average Bonchev–Trinajstić information content (AvgIpc) is 3.31. The van der Waals surface area contributed by atoms with E-state index in [-0.39, 0.29) is 18.2 Å². The number of aromatic nitrogens is 1. The molecule has 2 aliphatic rings. The summed E-state index contributed by atoms with van der Waals surface area (Å²) in [5, 5.41) is 4.17. The van der Waals surface area contributed by atoms with Crippen LogP contribution in [-0.4, -0.2) is 34.3 Å². The van der Waals surface area contributed by atoms with Crippen molar-refractivity contribution in [3.63, 3.8) is 0 Å². The second-order valence-corrected chi connectivity index (χ2v) is 6.75. The van der Waals surface area contributed by atoms with E-state index in [1.807, 2.05) is 43.5 Å². The van der Waals surface area contributed by atoms with E-state index in [0.29, 0.717) is 0 Å². The maximum atomic E-state index is 5.95. The summed E-state index contributed by atoms with van der Waals surface area (Å²) in [5.41, 5.74) is 0.966. The van der Waals surface area contributed by atoms with Crippen molar-refractivity contribution in [1.82, 2.24) is 15.2 Å². The van der Waals surface area contributed by atoms with E-state index in [4.69, 9.17) is 21.4 Å². The quantitative estimate of drug-likeness (QED) is 0.861. The molecule has 2 saturated heterocycles. The minimum absolute atomic E-state index is 0.00898. The molecule has 24 heavy (non-hydrogen) atoms. The lowest BCUT2D eigenvalue weighted by atomic mass is 10.0. The van der Waals surface area contributed by atoms with Gasteiger partial charge in [0.1, 0.15) is 17.6 Å². The van der Waals surface area contributed by atoms with Gasteiger partial charge in [0.25, 0.3) is 0 Å². The van der Waals surface area contributed by atoms with Crippen LogP contribution >= 0.6 is 12.2 Å². The molecule has 2 aromatic heterocycles. The van der Waals surface area contributed by atoms with Crippen molar-refractivity contribution >= 4 is 17.3 Å². The lowest BCUT2D eigenvalue weighted by molar-refractivity contribution is 0.0816. The van der Waals surface area contributed by atoms with E-state index in [1.165, 1.54) is 0 Å². The lowest BCUT2D eigenvalue weighted by Gasteiger charge is -2.28. The molecule has 0 radical (unpaired) electrons. The highest BCUT2D eigenvalue weighted by Crippen LogP contribution is 2.39. The first-order valence-electron chi connectivity index (χ1n) is 8.38. The zero-order valence-corrected chi connectivity index (χ0v) is 14.5. The standard InChI is InChI=1S/C18H21N3O2S/c1-12-7-8-15(23-12)17-16(14-6-2-3-9-19-14)20-18(24)21(17)11-13-5-4-10-22-13/h2-3,6-9,13,16-17H,4-5,10-11H2,1H3,(H,20,24)/t13-,16-,17-/m1/s1. The fourth-order valence-corrected chi connectivity index (χ4v) is 3.85. The van der Waals surface area contributed by atoms with Gasteiger partial charge in [0, 0.05) is 19.3 Å². The van der Waals surface area contributed by atoms with Crippen LogP contribution in [0.3, 0.4) is 0 Å². The van der Waals surface area contributed by atoms with Crippen LogP contribution in [0.15, 0.2) is 40.9 Å². The molecular weight excluding hydrogens is 322 g/mol. The van der Waals surface area contributed by atoms with Gasteiger partial charge in [-0.15, -0.1) is 0 Å². The van der Waals surface area contributed by atoms with Crippen LogP contribution in [0.25, 0.3) is 0 Å². The lowest BCUT2D eigenvalue weighted by Crippen LogP contribution is -2.36. The third kappa shape index (κ3) is 2.91. The van der Waals surface area contributed by atoms with Crippen molar-refractivity contribution in [2.75, 3.05) is 13.2 Å². The molecule has 2 aromatic rings. The number of aryl methyl sites for hydroxylation is 1. The summed E-state index contributed by atoms with van der Waals surface area (Å²) in [5.74, 6) is 1.81. The maximum absolute atomic E-state index is 5.95. The van der Waals surface area contributed by atoms with Gasteiger partial charge in [0.15, 0.2) is 5.11 Å². The van der Waals surface area contributed by atoms with Crippen molar-refractivity contribution < 1.29 is 9.15 Å². The normalized spacial score (nSPS) is 26.8. The average molecular weight is 343 g/mol. The smallest absolute Gasteiger partial charge is 0.170 e. The van der Waals surface area contributed by atoms with Gasteiger partial charge in [-0.25, -0.2) is 0 Å². The predicted octanol–water partition coefficient (Wildman–Crippen LogP) is 3.13. The summed E-state index contributed by atoms with van der Waals surface area (Å²) in [6, 6.07) is 9.95. The van der Waals surface area contributed by atoms with Crippen molar-refractivity contribution in [1.29, 1.82) is 0 Å². The van der Waals surface area contributed by atoms with Gasteiger partial charge in [-0.2, -0.15) is 0 Å². The minimum atomic E-state index is -0.0225. The van der Waals surface area contributed by atoms with Crippen LogP contribution in [0, 0.1) is 6.92 Å². The van der Waals surface area contributed by atoms with E-state index in [1.54, 1.807) is 0 Å². The summed E-state index contributed by atoms with van der Waals surface area (Å²) in [6.07, 6.45) is 4.24. The van der Waals surface area contributed by atoms with Crippen molar-refractivity contribution in [3.05, 3.63) is 53.7 Å². The number of hydrogen-bond donors (Lipinski definition) is 1. The van der Waals surface area contributed by atoms with Crippen molar-refractivity contribution in [3.8, 4) is 0 Å². The topological polar surface area (TPSA) is 50.5 Å². The molecule has 126 valence electrons. The molecule has 0 bridgehead atoms.